The Morgan fingerprint density at radius 2 is 1.85 bits per heavy atom. The summed E-state index contributed by atoms with van der Waals surface area (Å²) in [7, 11) is 2.01. The zero-order valence-electron chi connectivity index (χ0n) is 11.8. The first kappa shape index (κ1) is 13.5. The Labute approximate surface area is 124 Å². The number of nitrogens with one attached hydrogen (secondary N) is 1. The maximum atomic E-state index is 5.58. The summed E-state index contributed by atoms with van der Waals surface area (Å²) in [5.74, 6) is 1.04. The molecule has 1 unspecified atom stereocenters. The van der Waals surface area contributed by atoms with Gasteiger partial charge in [-0.2, -0.15) is 0 Å². The molecule has 3 heteroatoms. The van der Waals surface area contributed by atoms with Crippen molar-refractivity contribution in [3.63, 3.8) is 0 Å². The molecule has 1 N–H and O–H groups in total. The molecule has 2 nitrogen and oxygen atoms in total. The summed E-state index contributed by atoms with van der Waals surface area (Å²) in [4.78, 5) is 1.30. The van der Waals surface area contributed by atoms with E-state index in [1.165, 1.54) is 21.6 Å². The van der Waals surface area contributed by atoms with Crippen LogP contribution in [0.25, 0.3) is 0 Å². The average molecular weight is 285 g/mol. The lowest BCUT2D eigenvalue weighted by molar-refractivity contribution is 0.357. The smallest absolute Gasteiger partial charge is 0.122 e. The van der Waals surface area contributed by atoms with Gasteiger partial charge in [0, 0.05) is 11.3 Å². The lowest BCUT2D eigenvalue weighted by Crippen LogP contribution is -2.17. The Morgan fingerprint density at radius 3 is 2.55 bits per heavy atom. The van der Waals surface area contributed by atoms with E-state index in [1.54, 1.807) is 11.8 Å². The largest absolute Gasteiger partial charge is 0.493 e. The molecule has 0 fully saturated rings. The molecule has 0 aliphatic carbocycles. The molecule has 1 aliphatic rings. The van der Waals surface area contributed by atoms with Crippen molar-refractivity contribution in [3.05, 3.63) is 59.2 Å². The van der Waals surface area contributed by atoms with Gasteiger partial charge in [-0.25, -0.2) is 0 Å². The van der Waals surface area contributed by atoms with E-state index >= 15 is 0 Å². The van der Waals surface area contributed by atoms with E-state index in [2.05, 4.69) is 54.0 Å². The quantitative estimate of drug-likeness (QED) is 0.866. The number of thioether (sulfide) groups is 1. The minimum absolute atomic E-state index is 0.233. The highest BCUT2D eigenvalue weighted by molar-refractivity contribution is 7.98. The van der Waals surface area contributed by atoms with Gasteiger partial charge in [0.15, 0.2) is 0 Å². The number of fused-ring (bicyclic) bond motifs is 1. The first-order chi connectivity index (χ1) is 9.81. The molecule has 1 atom stereocenters. The van der Waals surface area contributed by atoms with E-state index in [9.17, 15) is 0 Å². The molecule has 20 heavy (non-hydrogen) atoms. The zero-order valence-corrected chi connectivity index (χ0v) is 12.7. The molecule has 1 aliphatic heterocycles. The summed E-state index contributed by atoms with van der Waals surface area (Å²) in [6, 6.07) is 15.5. The van der Waals surface area contributed by atoms with Crippen molar-refractivity contribution < 1.29 is 4.74 Å². The van der Waals surface area contributed by atoms with Crippen molar-refractivity contribution in [2.45, 2.75) is 17.4 Å². The molecule has 0 bridgehead atoms. The molecular weight excluding hydrogens is 266 g/mol. The van der Waals surface area contributed by atoms with E-state index in [1.807, 2.05) is 7.05 Å². The Balaban J connectivity index is 1.92. The van der Waals surface area contributed by atoms with Crippen LogP contribution in [0.3, 0.4) is 0 Å². The van der Waals surface area contributed by atoms with Gasteiger partial charge in [0.05, 0.1) is 12.6 Å². The molecule has 1 heterocycles. The van der Waals surface area contributed by atoms with Crippen LogP contribution in [0.5, 0.6) is 5.75 Å². The van der Waals surface area contributed by atoms with Gasteiger partial charge in [0.25, 0.3) is 0 Å². The minimum atomic E-state index is 0.233. The normalized spacial score (nSPS) is 14.7. The van der Waals surface area contributed by atoms with Gasteiger partial charge in [0.1, 0.15) is 5.75 Å². The molecule has 0 saturated heterocycles. The molecule has 3 rings (SSSR count). The fraction of sp³-hybridized carbons (Fsp3) is 0.294. The van der Waals surface area contributed by atoms with Crippen LogP contribution in [0.15, 0.2) is 47.4 Å². The van der Waals surface area contributed by atoms with Gasteiger partial charge in [-0.3, -0.25) is 0 Å². The van der Waals surface area contributed by atoms with E-state index in [0.717, 1.165) is 18.8 Å². The molecule has 0 spiro atoms. The average Bonchev–Trinajstić information content (AvgIpc) is 2.96. The van der Waals surface area contributed by atoms with Crippen molar-refractivity contribution >= 4 is 11.8 Å². The zero-order chi connectivity index (χ0) is 13.9. The van der Waals surface area contributed by atoms with Crippen LogP contribution in [0.4, 0.5) is 0 Å². The van der Waals surface area contributed by atoms with Gasteiger partial charge in [0.2, 0.25) is 0 Å². The summed E-state index contributed by atoms with van der Waals surface area (Å²) in [6.07, 6.45) is 3.12. The van der Waals surface area contributed by atoms with Crippen LogP contribution >= 0.6 is 11.8 Å². The molecule has 0 aromatic heterocycles. The number of benzene rings is 2. The van der Waals surface area contributed by atoms with Crippen LogP contribution in [0.2, 0.25) is 0 Å². The second-order valence-electron chi connectivity index (χ2n) is 4.96. The summed E-state index contributed by atoms with van der Waals surface area (Å²) in [5, 5.41) is 3.42. The van der Waals surface area contributed by atoms with Gasteiger partial charge in [-0.15, -0.1) is 11.8 Å². The number of hydrogen-bond acceptors (Lipinski definition) is 3. The van der Waals surface area contributed by atoms with Crippen LogP contribution in [0, 0.1) is 0 Å². The third-order valence-electron chi connectivity index (χ3n) is 3.78. The molecular formula is C17H19NOS. The van der Waals surface area contributed by atoms with E-state index in [-0.39, 0.29) is 6.04 Å². The summed E-state index contributed by atoms with van der Waals surface area (Å²) < 4.78 is 5.58. The van der Waals surface area contributed by atoms with Crippen LogP contribution in [0.1, 0.15) is 22.7 Å². The summed E-state index contributed by atoms with van der Waals surface area (Å²) >= 11 is 1.77. The maximum absolute atomic E-state index is 5.58. The van der Waals surface area contributed by atoms with Gasteiger partial charge in [-0.05, 0) is 48.2 Å². The van der Waals surface area contributed by atoms with Gasteiger partial charge in [-0.1, -0.05) is 24.3 Å². The fourth-order valence-electron chi connectivity index (χ4n) is 2.71. The Bertz CT molecular complexity index is 594. The summed E-state index contributed by atoms with van der Waals surface area (Å²) in [5.41, 5.74) is 3.92. The number of ether oxygens (including phenoxy) is 1. The third-order valence-corrected chi connectivity index (χ3v) is 4.53. The third kappa shape index (κ3) is 2.56. The maximum Gasteiger partial charge on any atom is 0.122 e. The van der Waals surface area contributed by atoms with Crippen molar-refractivity contribution in [3.8, 4) is 5.75 Å². The SMILES string of the molecule is CNC(c1ccc(SC)cc1)c1ccc2c(c1)CCO2. The van der Waals surface area contributed by atoms with Crippen molar-refractivity contribution in [2.24, 2.45) is 0 Å². The molecule has 2 aromatic rings. The monoisotopic (exact) mass is 285 g/mol. The molecule has 0 saturated carbocycles. The number of hydrogen-bond donors (Lipinski definition) is 1. The Hall–Kier alpha value is -1.45. The second kappa shape index (κ2) is 5.90. The highest BCUT2D eigenvalue weighted by Crippen LogP contribution is 2.31. The van der Waals surface area contributed by atoms with Crippen molar-refractivity contribution in [2.75, 3.05) is 19.9 Å². The molecule has 0 radical (unpaired) electrons. The molecule has 2 aromatic carbocycles. The van der Waals surface area contributed by atoms with Crippen molar-refractivity contribution in [1.29, 1.82) is 0 Å². The van der Waals surface area contributed by atoms with Crippen LogP contribution in [-0.2, 0) is 6.42 Å². The molecule has 104 valence electrons. The summed E-state index contributed by atoms with van der Waals surface area (Å²) in [6.45, 7) is 0.811. The first-order valence-electron chi connectivity index (χ1n) is 6.88. The van der Waals surface area contributed by atoms with Crippen molar-refractivity contribution in [1.82, 2.24) is 5.32 Å². The highest BCUT2D eigenvalue weighted by atomic mass is 32.2. The Morgan fingerprint density at radius 1 is 1.10 bits per heavy atom. The van der Waals surface area contributed by atoms with Crippen LogP contribution < -0.4 is 10.1 Å². The lowest BCUT2D eigenvalue weighted by atomic mass is 9.96. The van der Waals surface area contributed by atoms with E-state index in [4.69, 9.17) is 4.74 Å². The van der Waals surface area contributed by atoms with Gasteiger partial charge >= 0.3 is 0 Å². The number of rotatable bonds is 4. The Kier molecular flexibility index (Phi) is 3.99. The standard InChI is InChI=1S/C17H19NOS/c1-18-17(12-3-6-15(20-2)7-4-12)14-5-8-16-13(11-14)9-10-19-16/h3-8,11,17-18H,9-10H2,1-2H3. The van der Waals surface area contributed by atoms with E-state index < -0.39 is 0 Å². The topological polar surface area (TPSA) is 21.3 Å². The highest BCUT2D eigenvalue weighted by Gasteiger charge is 2.17. The fourth-order valence-corrected chi connectivity index (χ4v) is 3.12. The molecule has 0 amide bonds. The minimum Gasteiger partial charge on any atom is -0.493 e. The lowest BCUT2D eigenvalue weighted by Gasteiger charge is -2.18. The predicted octanol–water partition coefficient (Wildman–Crippen LogP) is 3.65. The predicted molar refractivity (Wildman–Crippen MR) is 84.8 cm³/mol. The van der Waals surface area contributed by atoms with Crippen LogP contribution in [-0.4, -0.2) is 19.9 Å². The first-order valence-corrected chi connectivity index (χ1v) is 8.11. The second-order valence-corrected chi connectivity index (χ2v) is 5.84. The van der Waals surface area contributed by atoms with Gasteiger partial charge < -0.3 is 10.1 Å². The van der Waals surface area contributed by atoms with E-state index in [0.29, 0.717) is 0 Å².